The Labute approximate surface area is 72.5 Å². The third kappa shape index (κ3) is 1.77. The first kappa shape index (κ1) is 9.92. The lowest BCUT2D eigenvalue weighted by Crippen LogP contribution is -2.54. The lowest BCUT2D eigenvalue weighted by Gasteiger charge is -2.36. The average Bonchev–Trinajstić information content (AvgIpc) is 2.10. The zero-order chi connectivity index (χ0) is 9.14. The molecule has 4 atom stereocenters. The smallest absolute Gasteiger partial charge is 0.107 e. The Hall–Kier alpha value is -0.160. The number of rotatable bonds is 2. The molecule has 1 aliphatic rings. The highest BCUT2D eigenvalue weighted by atomic mass is 16.5. The Balaban J connectivity index is 2.52. The van der Waals surface area contributed by atoms with E-state index in [1.807, 2.05) is 0 Å². The first-order valence-electron chi connectivity index (χ1n) is 4.27. The van der Waals surface area contributed by atoms with Gasteiger partial charge in [-0.1, -0.05) is 0 Å². The average molecular weight is 175 g/mol. The number of likely N-dealkylation sites (N-methyl/N-ethyl adjacent to an activating group) is 1. The van der Waals surface area contributed by atoms with Crippen LogP contribution in [0.3, 0.4) is 0 Å². The van der Waals surface area contributed by atoms with Crippen LogP contribution in [0, 0.1) is 0 Å². The van der Waals surface area contributed by atoms with E-state index < -0.39 is 12.2 Å². The molecule has 12 heavy (non-hydrogen) atoms. The maximum Gasteiger partial charge on any atom is 0.107 e. The molecule has 0 spiro atoms. The second-order valence-corrected chi connectivity index (χ2v) is 3.23. The van der Waals surface area contributed by atoms with Crippen LogP contribution in [0.4, 0.5) is 0 Å². The van der Waals surface area contributed by atoms with Crippen molar-refractivity contribution in [2.45, 2.75) is 37.2 Å². The molecule has 1 saturated carbocycles. The minimum atomic E-state index is -0.763. The molecule has 0 bridgehead atoms. The van der Waals surface area contributed by atoms with Gasteiger partial charge in [0.2, 0.25) is 0 Å². The van der Waals surface area contributed by atoms with Crippen LogP contribution >= 0.6 is 0 Å². The molecule has 0 unspecified atom stereocenters. The zero-order valence-electron chi connectivity index (χ0n) is 7.53. The highest BCUT2D eigenvalue weighted by Gasteiger charge is 2.36. The van der Waals surface area contributed by atoms with E-state index in [2.05, 4.69) is 5.32 Å². The molecule has 4 heteroatoms. The summed E-state index contributed by atoms with van der Waals surface area (Å²) in [5, 5.41) is 22.0. The van der Waals surface area contributed by atoms with Crippen LogP contribution in [0.15, 0.2) is 0 Å². The van der Waals surface area contributed by atoms with E-state index in [1.165, 1.54) is 0 Å². The normalized spacial score (nSPS) is 43.0. The molecular formula is C8H17NO3. The van der Waals surface area contributed by atoms with Crippen LogP contribution in [0.2, 0.25) is 0 Å². The lowest BCUT2D eigenvalue weighted by atomic mass is 9.88. The van der Waals surface area contributed by atoms with E-state index in [4.69, 9.17) is 4.74 Å². The van der Waals surface area contributed by atoms with Crippen molar-refractivity contribution in [1.29, 1.82) is 0 Å². The van der Waals surface area contributed by atoms with Gasteiger partial charge in [0.05, 0.1) is 12.2 Å². The summed E-state index contributed by atoms with van der Waals surface area (Å²) < 4.78 is 5.03. The Morgan fingerprint density at radius 1 is 1.25 bits per heavy atom. The second-order valence-electron chi connectivity index (χ2n) is 3.23. The highest BCUT2D eigenvalue weighted by molar-refractivity contribution is 4.91. The topological polar surface area (TPSA) is 61.7 Å². The highest BCUT2D eigenvalue weighted by Crippen LogP contribution is 2.21. The summed E-state index contributed by atoms with van der Waals surface area (Å²) in [4.78, 5) is 0. The molecule has 72 valence electrons. The molecular weight excluding hydrogens is 158 g/mol. The summed E-state index contributed by atoms with van der Waals surface area (Å²) in [6, 6.07) is -0.00796. The standard InChI is InChI=1S/C8H17NO3/c1-9-5-3-4-6(12-2)8(11)7(5)10/h5-11H,3-4H2,1-2H3/t5-,6+,7+,8-/m1/s1. The summed E-state index contributed by atoms with van der Waals surface area (Å²) in [6.45, 7) is 0. The summed E-state index contributed by atoms with van der Waals surface area (Å²) >= 11 is 0. The molecule has 4 nitrogen and oxygen atoms in total. The van der Waals surface area contributed by atoms with Crippen LogP contribution in [0.5, 0.6) is 0 Å². The van der Waals surface area contributed by atoms with Crippen LogP contribution in [0.25, 0.3) is 0 Å². The third-order valence-corrected chi connectivity index (χ3v) is 2.58. The quantitative estimate of drug-likeness (QED) is 0.509. The Morgan fingerprint density at radius 3 is 2.42 bits per heavy atom. The van der Waals surface area contributed by atoms with Gasteiger partial charge in [0.25, 0.3) is 0 Å². The van der Waals surface area contributed by atoms with Crippen molar-refractivity contribution >= 4 is 0 Å². The summed E-state index contributed by atoms with van der Waals surface area (Å²) in [7, 11) is 3.34. The Morgan fingerprint density at radius 2 is 1.92 bits per heavy atom. The van der Waals surface area contributed by atoms with E-state index >= 15 is 0 Å². The van der Waals surface area contributed by atoms with Crippen LogP contribution in [0.1, 0.15) is 12.8 Å². The van der Waals surface area contributed by atoms with Gasteiger partial charge in [-0.3, -0.25) is 0 Å². The SMILES string of the molecule is CN[C@@H]1CC[C@H](OC)[C@@H](O)[C@H]1O. The lowest BCUT2D eigenvalue weighted by molar-refractivity contribution is -0.110. The molecule has 1 aliphatic carbocycles. The molecule has 0 aromatic carbocycles. The van der Waals surface area contributed by atoms with Crippen molar-refractivity contribution in [3.8, 4) is 0 Å². The molecule has 1 rings (SSSR count). The Kier molecular flexibility index (Phi) is 3.46. The van der Waals surface area contributed by atoms with Gasteiger partial charge >= 0.3 is 0 Å². The van der Waals surface area contributed by atoms with Gasteiger partial charge in [0, 0.05) is 13.2 Å². The maximum atomic E-state index is 9.55. The molecule has 0 aliphatic heterocycles. The number of hydrogen-bond donors (Lipinski definition) is 3. The minimum Gasteiger partial charge on any atom is -0.389 e. The van der Waals surface area contributed by atoms with Crippen molar-refractivity contribution in [2.75, 3.05) is 14.2 Å². The number of hydrogen-bond acceptors (Lipinski definition) is 4. The predicted molar refractivity (Wildman–Crippen MR) is 44.9 cm³/mol. The monoisotopic (exact) mass is 175 g/mol. The first-order chi connectivity index (χ1) is 5.70. The van der Waals surface area contributed by atoms with Gasteiger partial charge < -0.3 is 20.3 Å². The minimum absolute atomic E-state index is 0.00796. The Bertz CT molecular complexity index is 126. The van der Waals surface area contributed by atoms with Crippen molar-refractivity contribution in [2.24, 2.45) is 0 Å². The summed E-state index contributed by atoms with van der Waals surface area (Å²) in [6.07, 6.45) is -0.0625. The van der Waals surface area contributed by atoms with Gasteiger partial charge in [-0.15, -0.1) is 0 Å². The van der Waals surface area contributed by atoms with Gasteiger partial charge in [0.1, 0.15) is 6.10 Å². The maximum absolute atomic E-state index is 9.55. The molecule has 0 aromatic heterocycles. The van der Waals surface area contributed by atoms with Crippen LogP contribution < -0.4 is 5.32 Å². The van der Waals surface area contributed by atoms with Crippen molar-refractivity contribution in [3.05, 3.63) is 0 Å². The third-order valence-electron chi connectivity index (χ3n) is 2.58. The van der Waals surface area contributed by atoms with Gasteiger partial charge in [0.15, 0.2) is 0 Å². The van der Waals surface area contributed by atoms with E-state index in [1.54, 1.807) is 14.2 Å². The van der Waals surface area contributed by atoms with E-state index in [9.17, 15) is 10.2 Å². The molecule has 3 N–H and O–H groups in total. The van der Waals surface area contributed by atoms with Crippen molar-refractivity contribution in [1.82, 2.24) is 5.32 Å². The predicted octanol–water partition coefficient (Wildman–Crippen LogP) is -0.895. The van der Waals surface area contributed by atoms with Gasteiger partial charge in [-0.05, 0) is 19.9 Å². The fraction of sp³-hybridized carbons (Fsp3) is 1.00. The van der Waals surface area contributed by atoms with E-state index in [0.29, 0.717) is 0 Å². The first-order valence-corrected chi connectivity index (χ1v) is 4.27. The van der Waals surface area contributed by atoms with Gasteiger partial charge in [-0.25, -0.2) is 0 Å². The molecule has 0 aromatic rings. The molecule has 0 amide bonds. The number of aliphatic hydroxyl groups is 2. The summed E-state index contributed by atoms with van der Waals surface area (Å²) in [5.74, 6) is 0. The van der Waals surface area contributed by atoms with Crippen LogP contribution in [-0.2, 0) is 4.74 Å². The van der Waals surface area contributed by atoms with Crippen molar-refractivity contribution < 1.29 is 14.9 Å². The number of aliphatic hydroxyl groups excluding tert-OH is 2. The number of ether oxygens (including phenoxy) is 1. The van der Waals surface area contributed by atoms with Crippen LogP contribution in [-0.4, -0.2) is 48.7 Å². The molecule has 1 fully saturated rings. The fourth-order valence-corrected chi connectivity index (χ4v) is 1.72. The molecule has 0 radical (unpaired) electrons. The largest absolute Gasteiger partial charge is 0.389 e. The van der Waals surface area contributed by atoms with E-state index in [0.717, 1.165) is 12.8 Å². The second kappa shape index (κ2) is 4.18. The number of nitrogens with one attached hydrogen (secondary N) is 1. The van der Waals surface area contributed by atoms with Gasteiger partial charge in [-0.2, -0.15) is 0 Å². The fourth-order valence-electron chi connectivity index (χ4n) is 1.72. The van der Waals surface area contributed by atoms with E-state index in [-0.39, 0.29) is 12.1 Å². The number of methoxy groups -OCH3 is 1. The molecule has 0 saturated heterocycles. The molecule has 0 heterocycles. The zero-order valence-corrected chi connectivity index (χ0v) is 7.53. The summed E-state index contributed by atoms with van der Waals surface area (Å²) in [5.41, 5.74) is 0. The van der Waals surface area contributed by atoms with Crippen molar-refractivity contribution in [3.63, 3.8) is 0 Å².